The molecule has 0 saturated carbocycles. The van der Waals surface area contributed by atoms with Gasteiger partial charge in [0.25, 0.3) is 0 Å². The summed E-state index contributed by atoms with van der Waals surface area (Å²) in [4.78, 5) is 0. The molecule has 2 aromatic heterocycles. The standard InChI is InChI=1S/C42H30N2/c1-3-11-29(12-4-1)30-19-21-31(22-20-30)32-23-25-34(26-24-32)44-40-18-10-8-16-36(40)38-27-37-35-15-7-9-17-39(35)43(41(37)28-42(38)44)33-13-5-2-6-14-33/h1-5,7-13,15-28H,6,14H2. The molecule has 208 valence electrons. The van der Waals surface area contributed by atoms with Crippen LogP contribution in [-0.4, -0.2) is 9.13 Å². The number of hydrogen-bond donors (Lipinski definition) is 0. The molecule has 0 spiro atoms. The quantitative estimate of drug-likeness (QED) is 0.202. The number of nitrogens with zero attached hydrogens (tertiary/aromatic N) is 2. The summed E-state index contributed by atoms with van der Waals surface area (Å²) in [6.45, 7) is 0. The second-order valence-corrected chi connectivity index (χ2v) is 11.7. The lowest BCUT2D eigenvalue weighted by molar-refractivity contribution is 0.979. The second-order valence-electron chi connectivity index (χ2n) is 11.7. The summed E-state index contributed by atoms with van der Waals surface area (Å²) < 4.78 is 4.92. The fourth-order valence-corrected chi connectivity index (χ4v) is 7.08. The van der Waals surface area contributed by atoms with Gasteiger partial charge < -0.3 is 9.13 Å². The first-order valence-corrected chi connectivity index (χ1v) is 15.4. The Balaban J connectivity index is 1.21. The fourth-order valence-electron chi connectivity index (χ4n) is 7.08. The summed E-state index contributed by atoms with van der Waals surface area (Å²) in [6, 6.07) is 51.0. The molecule has 6 aromatic carbocycles. The third-order valence-electron chi connectivity index (χ3n) is 9.20. The Morgan fingerprint density at radius 2 is 0.932 bits per heavy atom. The van der Waals surface area contributed by atoms with Gasteiger partial charge in [0.05, 0.1) is 22.1 Å². The van der Waals surface area contributed by atoms with Gasteiger partial charge in [-0.15, -0.1) is 0 Å². The number of fused-ring (bicyclic) bond motifs is 6. The summed E-state index contributed by atoms with van der Waals surface area (Å²) in [7, 11) is 0. The van der Waals surface area contributed by atoms with E-state index in [0.29, 0.717) is 0 Å². The summed E-state index contributed by atoms with van der Waals surface area (Å²) in [5, 5.41) is 5.18. The number of para-hydroxylation sites is 2. The predicted octanol–water partition coefficient (Wildman–Crippen LogP) is 11.4. The van der Waals surface area contributed by atoms with Crippen molar-refractivity contribution in [3.05, 3.63) is 158 Å². The normalized spacial score (nSPS) is 13.3. The molecule has 0 saturated heterocycles. The average Bonchev–Trinajstić information content (AvgIpc) is 3.60. The molecule has 8 aromatic rings. The number of aromatic nitrogens is 2. The van der Waals surface area contributed by atoms with E-state index in [1.54, 1.807) is 0 Å². The molecule has 9 rings (SSSR count). The molecule has 2 nitrogen and oxygen atoms in total. The van der Waals surface area contributed by atoms with Gasteiger partial charge in [-0.1, -0.05) is 115 Å². The Hall–Kier alpha value is -5.60. The Labute approximate surface area is 256 Å². The predicted molar refractivity (Wildman–Crippen MR) is 187 cm³/mol. The molecule has 2 heteroatoms. The third kappa shape index (κ3) is 3.88. The molecular weight excluding hydrogens is 532 g/mol. The number of hydrogen-bond acceptors (Lipinski definition) is 0. The first kappa shape index (κ1) is 24.9. The second kappa shape index (κ2) is 10.00. The largest absolute Gasteiger partial charge is 0.313 e. The van der Waals surface area contributed by atoms with Gasteiger partial charge in [-0.25, -0.2) is 0 Å². The van der Waals surface area contributed by atoms with Crippen LogP contribution in [0.1, 0.15) is 12.8 Å². The van der Waals surface area contributed by atoms with E-state index in [2.05, 4.69) is 167 Å². The molecule has 44 heavy (non-hydrogen) atoms. The van der Waals surface area contributed by atoms with Crippen LogP contribution in [-0.2, 0) is 0 Å². The third-order valence-corrected chi connectivity index (χ3v) is 9.20. The average molecular weight is 563 g/mol. The Morgan fingerprint density at radius 1 is 0.409 bits per heavy atom. The maximum absolute atomic E-state index is 2.48. The smallest absolute Gasteiger partial charge is 0.0562 e. The van der Waals surface area contributed by atoms with Gasteiger partial charge in [-0.05, 0) is 77.6 Å². The summed E-state index contributed by atoms with van der Waals surface area (Å²) in [5.74, 6) is 0. The molecule has 0 fully saturated rings. The van der Waals surface area contributed by atoms with Gasteiger partial charge in [-0.2, -0.15) is 0 Å². The lowest BCUT2D eigenvalue weighted by Crippen LogP contribution is -1.99. The topological polar surface area (TPSA) is 9.86 Å². The van der Waals surface area contributed by atoms with Crippen molar-refractivity contribution >= 4 is 49.3 Å². The minimum atomic E-state index is 1.04. The fraction of sp³-hybridized carbons (Fsp3) is 0.0476. The van der Waals surface area contributed by atoms with Crippen LogP contribution in [0, 0.1) is 0 Å². The highest BCUT2D eigenvalue weighted by molar-refractivity contribution is 6.19. The molecule has 0 amide bonds. The maximum Gasteiger partial charge on any atom is 0.0562 e. The van der Waals surface area contributed by atoms with Gasteiger partial charge in [-0.3, -0.25) is 0 Å². The van der Waals surface area contributed by atoms with Crippen molar-refractivity contribution in [1.29, 1.82) is 0 Å². The molecule has 2 heterocycles. The van der Waals surface area contributed by atoms with Crippen molar-refractivity contribution in [2.45, 2.75) is 12.8 Å². The molecule has 0 radical (unpaired) electrons. The van der Waals surface area contributed by atoms with E-state index in [1.807, 2.05) is 0 Å². The molecule has 0 bridgehead atoms. The van der Waals surface area contributed by atoms with Gasteiger partial charge in [0.15, 0.2) is 0 Å². The molecule has 0 N–H and O–H groups in total. The number of rotatable bonds is 4. The van der Waals surface area contributed by atoms with Crippen LogP contribution < -0.4 is 0 Å². The van der Waals surface area contributed by atoms with Crippen LogP contribution in [0.15, 0.2) is 158 Å². The zero-order valence-corrected chi connectivity index (χ0v) is 24.3. The van der Waals surface area contributed by atoms with Crippen molar-refractivity contribution < 1.29 is 0 Å². The van der Waals surface area contributed by atoms with E-state index in [-0.39, 0.29) is 0 Å². The van der Waals surface area contributed by atoms with Crippen LogP contribution in [0.3, 0.4) is 0 Å². The molecule has 0 unspecified atom stereocenters. The van der Waals surface area contributed by atoms with Gasteiger partial charge in [0.1, 0.15) is 0 Å². The van der Waals surface area contributed by atoms with Crippen molar-refractivity contribution in [2.24, 2.45) is 0 Å². The number of benzene rings is 6. The van der Waals surface area contributed by atoms with E-state index >= 15 is 0 Å². The van der Waals surface area contributed by atoms with Crippen LogP contribution >= 0.6 is 0 Å². The molecule has 1 aliphatic rings. The van der Waals surface area contributed by atoms with Crippen molar-refractivity contribution in [3.8, 4) is 27.9 Å². The molecule has 0 atom stereocenters. The van der Waals surface area contributed by atoms with E-state index in [0.717, 1.165) is 12.8 Å². The Morgan fingerprint density at radius 3 is 1.55 bits per heavy atom. The van der Waals surface area contributed by atoms with Crippen LogP contribution in [0.5, 0.6) is 0 Å². The number of allylic oxidation sites excluding steroid dienone is 4. The summed E-state index contributed by atoms with van der Waals surface area (Å²) >= 11 is 0. The van der Waals surface area contributed by atoms with E-state index in [4.69, 9.17) is 0 Å². The minimum absolute atomic E-state index is 1.04. The van der Waals surface area contributed by atoms with Crippen molar-refractivity contribution in [1.82, 2.24) is 9.13 Å². The highest BCUT2D eigenvalue weighted by Crippen LogP contribution is 2.40. The van der Waals surface area contributed by atoms with Crippen LogP contribution in [0.2, 0.25) is 0 Å². The SMILES string of the molecule is C1=CCCC(n2c3ccccc3c3cc4c5ccccc5n(-c5ccc(-c6ccc(-c7ccccc7)cc6)cc5)c4cc32)=C1. The van der Waals surface area contributed by atoms with E-state index in [9.17, 15) is 0 Å². The lowest BCUT2D eigenvalue weighted by Gasteiger charge is -2.14. The monoisotopic (exact) mass is 562 g/mol. The van der Waals surface area contributed by atoms with Gasteiger partial charge in [0, 0.05) is 32.9 Å². The molecule has 1 aliphatic carbocycles. The van der Waals surface area contributed by atoms with Crippen molar-refractivity contribution in [2.75, 3.05) is 0 Å². The first-order valence-electron chi connectivity index (χ1n) is 15.4. The van der Waals surface area contributed by atoms with Gasteiger partial charge >= 0.3 is 0 Å². The molecule has 0 aliphatic heterocycles. The zero-order chi connectivity index (χ0) is 29.0. The van der Waals surface area contributed by atoms with Crippen LogP contribution in [0.25, 0.3) is 77.2 Å². The highest BCUT2D eigenvalue weighted by atomic mass is 15.0. The summed E-state index contributed by atoms with van der Waals surface area (Å²) in [5.41, 5.74) is 12.4. The Bertz CT molecular complexity index is 2400. The highest BCUT2D eigenvalue weighted by Gasteiger charge is 2.19. The zero-order valence-electron chi connectivity index (χ0n) is 24.3. The van der Waals surface area contributed by atoms with Gasteiger partial charge in [0.2, 0.25) is 0 Å². The maximum atomic E-state index is 2.48. The lowest BCUT2D eigenvalue weighted by atomic mass is 10.0. The first-order chi connectivity index (χ1) is 21.8. The van der Waals surface area contributed by atoms with Crippen molar-refractivity contribution in [3.63, 3.8) is 0 Å². The van der Waals surface area contributed by atoms with E-state index < -0.39 is 0 Å². The van der Waals surface area contributed by atoms with E-state index in [1.165, 1.54) is 77.2 Å². The Kier molecular flexibility index (Phi) is 5.67. The minimum Gasteiger partial charge on any atom is -0.313 e. The molecular formula is C42H30N2. The van der Waals surface area contributed by atoms with Crippen LogP contribution in [0.4, 0.5) is 0 Å². The summed E-state index contributed by atoms with van der Waals surface area (Å²) in [6.07, 6.45) is 8.85.